The Morgan fingerprint density at radius 1 is 1.12 bits per heavy atom. The Hall–Kier alpha value is -3.41. The van der Waals surface area contributed by atoms with Gasteiger partial charge >= 0.3 is 0 Å². The van der Waals surface area contributed by atoms with Crippen molar-refractivity contribution in [3.05, 3.63) is 58.7 Å². The van der Waals surface area contributed by atoms with Crippen LogP contribution in [0, 0.1) is 0 Å². The molecule has 0 unspecified atom stereocenters. The summed E-state index contributed by atoms with van der Waals surface area (Å²) in [6.07, 6.45) is 2.25. The van der Waals surface area contributed by atoms with E-state index in [0.29, 0.717) is 29.2 Å². The van der Waals surface area contributed by atoms with Gasteiger partial charge in [0, 0.05) is 24.7 Å². The van der Waals surface area contributed by atoms with Crippen LogP contribution in [0.5, 0.6) is 5.75 Å². The lowest BCUT2D eigenvalue weighted by Crippen LogP contribution is -2.36. The number of hydrogen-bond acceptors (Lipinski definition) is 9. The van der Waals surface area contributed by atoms with Crippen LogP contribution in [0.2, 0.25) is 5.02 Å². The van der Waals surface area contributed by atoms with Crippen molar-refractivity contribution in [2.75, 3.05) is 23.7 Å². The van der Waals surface area contributed by atoms with E-state index in [4.69, 9.17) is 16.3 Å². The Bertz CT molecular complexity index is 1540. The molecule has 2 aliphatic rings. The summed E-state index contributed by atoms with van der Waals surface area (Å²) in [4.78, 5) is 24.2. The minimum atomic E-state index is -3.56. The third-order valence-corrected chi connectivity index (χ3v) is 9.42. The molecule has 212 valence electrons. The van der Waals surface area contributed by atoms with Gasteiger partial charge in [-0.25, -0.2) is 13.4 Å². The molecule has 12 heteroatoms. The van der Waals surface area contributed by atoms with Crippen LogP contribution in [0.3, 0.4) is 0 Å². The van der Waals surface area contributed by atoms with Crippen molar-refractivity contribution in [3.8, 4) is 5.75 Å². The van der Waals surface area contributed by atoms with Crippen LogP contribution < -0.4 is 20.7 Å². The van der Waals surface area contributed by atoms with Crippen molar-refractivity contribution in [2.24, 2.45) is 0 Å². The van der Waals surface area contributed by atoms with E-state index in [2.05, 4.69) is 25.9 Å². The Morgan fingerprint density at radius 2 is 1.90 bits per heavy atom. The fraction of sp³-hybridized carbons (Fsp3) is 0.393. The van der Waals surface area contributed by atoms with Gasteiger partial charge in [-0.3, -0.25) is 4.79 Å². The molecule has 0 bridgehead atoms. The summed E-state index contributed by atoms with van der Waals surface area (Å²) < 4.78 is 31.9. The number of amides is 1. The highest BCUT2D eigenvalue weighted by atomic mass is 35.5. The molecule has 2 aromatic carbocycles. The highest BCUT2D eigenvalue weighted by Crippen LogP contribution is 2.37. The summed E-state index contributed by atoms with van der Waals surface area (Å²) in [5.74, 6) is 1.00. The molecule has 1 saturated heterocycles. The molecule has 0 spiro atoms. The summed E-state index contributed by atoms with van der Waals surface area (Å²) in [6.45, 7) is 9.36. The van der Waals surface area contributed by atoms with E-state index in [0.717, 1.165) is 25.1 Å². The lowest BCUT2D eigenvalue weighted by molar-refractivity contribution is 0.0717. The van der Waals surface area contributed by atoms with Gasteiger partial charge in [0.1, 0.15) is 10.8 Å². The number of carbonyl (C=O) groups is 1. The number of aromatic nitrogens is 2. The standard InChI is InChI=1S/C28H33ClN6O4S/c1-16(2)39-24-11-18-15-35(19-9-10-30-13-19)27(36)20(18)12-23(24)33-28-31-14-21(29)26(34-28)32-22-7-5-6-8-25(22)40(37,38)17(3)4/h5-8,11-12,14,16-17,19,30H,9-10,13,15H2,1-4H3,(H2,31,32,33,34)/t19-/m0/s1. The first-order valence-corrected chi connectivity index (χ1v) is 15.2. The van der Waals surface area contributed by atoms with Gasteiger partial charge < -0.3 is 25.6 Å². The Morgan fingerprint density at radius 3 is 2.60 bits per heavy atom. The average molecular weight is 585 g/mol. The molecule has 3 N–H and O–H groups in total. The number of halogens is 1. The number of anilines is 4. The molecule has 1 aromatic heterocycles. The zero-order valence-electron chi connectivity index (χ0n) is 22.9. The topological polar surface area (TPSA) is 126 Å². The van der Waals surface area contributed by atoms with Crippen LogP contribution in [-0.2, 0) is 16.4 Å². The summed E-state index contributed by atoms with van der Waals surface area (Å²) in [7, 11) is -3.56. The SMILES string of the molecule is CC(C)Oc1cc2c(cc1Nc1ncc(Cl)c(Nc3ccccc3S(=O)(=O)C(C)C)n1)C(=O)N([C@H]1CCNC1)C2. The monoisotopic (exact) mass is 584 g/mol. The highest BCUT2D eigenvalue weighted by Gasteiger charge is 2.35. The second kappa shape index (κ2) is 11.2. The molecule has 40 heavy (non-hydrogen) atoms. The number of fused-ring (bicyclic) bond motifs is 1. The first-order chi connectivity index (χ1) is 19.0. The third-order valence-electron chi connectivity index (χ3n) is 6.93. The van der Waals surface area contributed by atoms with E-state index >= 15 is 0 Å². The predicted molar refractivity (Wildman–Crippen MR) is 156 cm³/mol. The summed E-state index contributed by atoms with van der Waals surface area (Å²) in [5, 5.41) is 9.18. The maximum absolute atomic E-state index is 13.3. The van der Waals surface area contributed by atoms with Gasteiger partial charge in [0.15, 0.2) is 15.7 Å². The molecule has 3 heterocycles. The molecule has 2 aliphatic heterocycles. The van der Waals surface area contributed by atoms with E-state index in [1.165, 1.54) is 6.20 Å². The minimum absolute atomic E-state index is 0.00908. The van der Waals surface area contributed by atoms with Crippen LogP contribution in [-0.4, -0.2) is 59.7 Å². The molecule has 10 nitrogen and oxygen atoms in total. The van der Waals surface area contributed by atoms with Crippen molar-refractivity contribution in [1.82, 2.24) is 20.2 Å². The van der Waals surface area contributed by atoms with Gasteiger partial charge in [0.2, 0.25) is 5.95 Å². The van der Waals surface area contributed by atoms with E-state index < -0.39 is 15.1 Å². The average Bonchev–Trinajstić information content (AvgIpc) is 3.54. The number of benzene rings is 2. The summed E-state index contributed by atoms with van der Waals surface area (Å²) >= 11 is 6.41. The normalized spacial score (nSPS) is 17.0. The van der Waals surface area contributed by atoms with E-state index in [-0.39, 0.29) is 39.7 Å². The van der Waals surface area contributed by atoms with Crippen LogP contribution in [0.15, 0.2) is 47.5 Å². The van der Waals surface area contributed by atoms with E-state index in [1.807, 2.05) is 24.8 Å². The van der Waals surface area contributed by atoms with Crippen molar-refractivity contribution in [2.45, 2.75) is 63.0 Å². The number of hydrogen-bond donors (Lipinski definition) is 3. The second-order valence-corrected chi connectivity index (χ2v) is 13.4. The number of para-hydroxylation sites is 1. The molecule has 1 fully saturated rings. The van der Waals surface area contributed by atoms with Crippen molar-refractivity contribution >= 4 is 50.5 Å². The van der Waals surface area contributed by atoms with Crippen molar-refractivity contribution < 1.29 is 17.9 Å². The number of carbonyl (C=O) groups excluding carboxylic acids is 1. The molecule has 1 amide bonds. The van der Waals surface area contributed by atoms with Gasteiger partial charge in [-0.05, 0) is 70.5 Å². The van der Waals surface area contributed by atoms with E-state index in [9.17, 15) is 13.2 Å². The number of nitrogens with one attached hydrogen (secondary N) is 3. The molecular formula is C28H33ClN6O4S. The Balaban J connectivity index is 1.46. The molecule has 5 rings (SSSR count). The fourth-order valence-electron chi connectivity index (χ4n) is 4.85. The van der Waals surface area contributed by atoms with Crippen LogP contribution in [0.1, 0.15) is 50.0 Å². The lowest BCUT2D eigenvalue weighted by Gasteiger charge is -2.22. The maximum atomic E-state index is 13.3. The number of nitrogens with zero attached hydrogens (tertiary/aromatic N) is 3. The molecule has 0 saturated carbocycles. The van der Waals surface area contributed by atoms with Crippen LogP contribution in [0.4, 0.5) is 23.1 Å². The maximum Gasteiger partial charge on any atom is 0.254 e. The fourth-order valence-corrected chi connectivity index (χ4v) is 6.19. The number of rotatable bonds is 9. The van der Waals surface area contributed by atoms with Crippen LogP contribution in [0.25, 0.3) is 0 Å². The number of ether oxygens (including phenoxy) is 1. The smallest absolute Gasteiger partial charge is 0.254 e. The Kier molecular flexibility index (Phi) is 7.89. The van der Waals surface area contributed by atoms with Gasteiger partial charge in [-0.1, -0.05) is 23.7 Å². The van der Waals surface area contributed by atoms with Crippen molar-refractivity contribution in [1.29, 1.82) is 0 Å². The molecule has 1 atom stereocenters. The zero-order valence-corrected chi connectivity index (χ0v) is 24.4. The minimum Gasteiger partial charge on any atom is -0.489 e. The molecule has 3 aromatic rings. The molecule has 0 radical (unpaired) electrons. The zero-order chi connectivity index (χ0) is 28.6. The van der Waals surface area contributed by atoms with Gasteiger partial charge in [0.05, 0.1) is 33.8 Å². The lowest BCUT2D eigenvalue weighted by atomic mass is 10.1. The largest absolute Gasteiger partial charge is 0.489 e. The number of sulfone groups is 1. The van der Waals surface area contributed by atoms with Gasteiger partial charge in [-0.15, -0.1) is 0 Å². The Labute approximate surface area is 239 Å². The third kappa shape index (κ3) is 5.59. The molecule has 0 aliphatic carbocycles. The van der Waals surface area contributed by atoms with Crippen molar-refractivity contribution in [3.63, 3.8) is 0 Å². The predicted octanol–water partition coefficient (Wildman–Crippen LogP) is 4.90. The molecular weight excluding hydrogens is 552 g/mol. The van der Waals surface area contributed by atoms with Gasteiger partial charge in [-0.2, -0.15) is 4.98 Å². The summed E-state index contributed by atoms with van der Waals surface area (Å²) in [5.41, 5.74) is 2.44. The van der Waals surface area contributed by atoms with Gasteiger partial charge in [0.25, 0.3) is 5.91 Å². The first kappa shape index (κ1) is 28.1. The highest BCUT2D eigenvalue weighted by molar-refractivity contribution is 7.92. The quantitative estimate of drug-likeness (QED) is 0.322. The second-order valence-electron chi connectivity index (χ2n) is 10.5. The van der Waals surface area contributed by atoms with Crippen LogP contribution >= 0.6 is 11.6 Å². The first-order valence-electron chi connectivity index (χ1n) is 13.3. The van der Waals surface area contributed by atoms with E-state index in [1.54, 1.807) is 44.2 Å². The summed E-state index contributed by atoms with van der Waals surface area (Å²) in [6, 6.07) is 10.5.